The van der Waals surface area contributed by atoms with Crippen LogP contribution in [0.1, 0.15) is 21.7 Å². The zero-order valence-electron chi connectivity index (χ0n) is 15.1. The Morgan fingerprint density at radius 1 is 1.00 bits per heavy atom. The summed E-state index contributed by atoms with van der Waals surface area (Å²) in [6, 6.07) is 16.0. The predicted octanol–water partition coefficient (Wildman–Crippen LogP) is 4.17. The first-order chi connectivity index (χ1) is 13.0. The van der Waals surface area contributed by atoms with E-state index in [9.17, 15) is 9.59 Å². The number of amides is 2. The van der Waals surface area contributed by atoms with Gasteiger partial charge in [-0.25, -0.2) is 0 Å². The summed E-state index contributed by atoms with van der Waals surface area (Å²) in [6.45, 7) is 3.72. The fraction of sp³-hybridized carbons (Fsp3) is 0.143. The van der Waals surface area contributed by atoms with Gasteiger partial charge in [-0.3, -0.25) is 9.59 Å². The van der Waals surface area contributed by atoms with Crippen molar-refractivity contribution in [2.75, 3.05) is 17.2 Å². The van der Waals surface area contributed by atoms with Gasteiger partial charge in [-0.15, -0.1) is 0 Å². The number of aryl methyl sites for hydroxylation is 2. The minimum atomic E-state index is -0.357. The van der Waals surface area contributed by atoms with E-state index in [1.807, 2.05) is 38.1 Å². The molecule has 2 amide bonds. The van der Waals surface area contributed by atoms with Crippen LogP contribution in [0.3, 0.4) is 0 Å². The molecule has 0 spiro atoms. The molecule has 0 fully saturated rings. The molecule has 1 aromatic heterocycles. The van der Waals surface area contributed by atoms with E-state index in [2.05, 4.69) is 10.6 Å². The van der Waals surface area contributed by atoms with Crippen molar-refractivity contribution in [3.05, 3.63) is 77.7 Å². The van der Waals surface area contributed by atoms with Crippen molar-refractivity contribution in [2.45, 2.75) is 13.8 Å². The molecule has 138 valence electrons. The van der Waals surface area contributed by atoms with Crippen LogP contribution in [0.25, 0.3) is 0 Å². The Labute approximate surface area is 157 Å². The fourth-order valence-electron chi connectivity index (χ4n) is 2.48. The molecule has 27 heavy (non-hydrogen) atoms. The molecule has 0 aliphatic carbocycles. The fourth-order valence-corrected chi connectivity index (χ4v) is 2.48. The number of anilines is 2. The molecule has 0 atom stereocenters. The largest absolute Gasteiger partial charge is 0.484 e. The van der Waals surface area contributed by atoms with Crippen LogP contribution in [-0.2, 0) is 4.79 Å². The van der Waals surface area contributed by atoms with E-state index in [1.54, 1.807) is 30.3 Å². The van der Waals surface area contributed by atoms with Crippen molar-refractivity contribution in [2.24, 2.45) is 0 Å². The highest BCUT2D eigenvalue weighted by molar-refractivity contribution is 6.03. The Morgan fingerprint density at radius 3 is 2.59 bits per heavy atom. The topological polar surface area (TPSA) is 80.6 Å². The molecular formula is C21H20N2O4. The Bertz CT molecular complexity index is 949. The summed E-state index contributed by atoms with van der Waals surface area (Å²) in [5, 5.41) is 5.54. The molecular weight excluding hydrogens is 344 g/mol. The maximum absolute atomic E-state index is 12.2. The second-order valence-electron chi connectivity index (χ2n) is 6.11. The maximum Gasteiger partial charge on any atom is 0.291 e. The number of rotatable bonds is 6. The van der Waals surface area contributed by atoms with Gasteiger partial charge in [0.15, 0.2) is 12.4 Å². The lowest BCUT2D eigenvalue weighted by Gasteiger charge is -2.12. The van der Waals surface area contributed by atoms with Crippen molar-refractivity contribution in [3.63, 3.8) is 0 Å². The van der Waals surface area contributed by atoms with E-state index < -0.39 is 0 Å². The van der Waals surface area contributed by atoms with Gasteiger partial charge >= 0.3 is 0 Å². The van der Waals surface area contributed by atoms with Crippen LogP contribution < -0.4 is 15.4 Å². The summed E-state index contributed by atoms with van der Waals surface area (Å²) in [4.78, 5) is 24.3. The normalized spacial score (nSPS) is 10.3. The first kappa shape index (κ1) is 18.3. The summed E-state index contributed by atoms with van der Waals surface area (Å²) >= 11 is 0. The van der Waals surface area contributed by atoms with Gasteiger partial charge in [-0.05, 0) is 61.4 Å². The van der Waals surface area contributed by atoms with Crippen LogP contribution in [-0.4, -0.2) is 18.4 Å². The van der Waals surface area contributed by atoms with Crippen LogP contribution in [0, 0.1) is 13.8 Å². The zero-order chi connectivity index (χ0) is 19.2. The molecule has 0 aliphatic rings. The van der Waals surface area contributed by atoms with E-state index in [4.69, 9.17) is 9.15 Å². The number of furan rings is 1. The lowest BCUT2D eigenvalue weighted by molar-refractivity contribution is -0.118. The first-order valence-electron chi connectivity index (χ1n) is 8.46. The van der Waals surface area contributed by atoms with Crippen molar-refractivity contribution in [1.29, 1.82) is 0 Å². The monoisotopic (exact) mass is 364 g/mol. The molecule has 0 saturated carbocycles. The summed E-state index contributed by atoms with van der Waals surface area (Å²) < 4.78 is 10.6. The van der Waals surface area contributed by atoms with Gasteiger partial charge in [0.25, 0.3) is 11.8 Å². The summed E-state index contributed by atoms with van der Waals surface area (Å²) in [5.41, 5.74) is 3.08. The molecule has 2 aromatic carbocycles. The summed E-state index contributed by atoms with van der Waals surface area (Å²) in [6.07, 6.45) is 1.43. The predicted molar refractivity (Wildman–Crippen MR) is 103 cm³/mol. The van der Waals surface area contributed by atoms with Crippen LogP contribution in [0.2, 0.25) is 0 Å². The van der Waals surface area contributed by atoms with E-state index in [0.29, 0.717) is 17.1 Å². The highest BCUT2D eigenvalue weighted by Crippen LogP contribution is 2.21. The molecule has 1 heterocycles. The minimum Gasteiger partial charge on any atom is -0.484 e. The van der Waals surface area contributed by atoms with Gasteiger partial charge < -0.3 is 19.8 Å². The number of carbonyl (C=O) groups excluding carboxylic acids is 2. The third-order valence-corrected chi connectivity index (χ3v) is 3.87. The minimum absolute atomic E-state index is 0.105. The molecule has 0 saturated heterocycles. The van der Waals surface area contributed by atoms with Crippen LogP contribution >= 0.6 is 0 Å². The SMILES string of the molecule is Cc1cccc(OCC(=O)Nc2cc(NC(=O)c3ccco3)ccc2C)c1. The Morgan fingerprint density at radius 2 is 1.85 bits per heavy atom. The maximum atomic E-state index is 12.2. The van der Waals surface area contributed by atoms with E-state index in [-0.39, 0.29) is 24.2 Å². The van der Waals surface area contributed by atoms with Gasteiger partial charge in [-0.1, -0.05) is 18.2 Å². The molecule has 2 N–H and O–H groups in total. The lowest BCUT2D eigenvalue weighted by Crippen LogP contribution is -2.21. The van der Waals surface area contributed by atoms with E-state index >= 15 is 0 Å². The van der Waals surface area contributed by atoms with Crippen molar-refractivity contribution in [3.8, 4) is 5.75 Å². The zero-order valence-corrected chi connectivity index (χ0v) is 15.1. The highest BCUT2D eigenvalue weighted by atomic mass is 16.5. The molecule has 0 aliphatic heterocycles. The van der Waals surface area contributed by atoms with Crippen LogP contribution in [0.4, 0.5) is 11.4 Å². The number of nitrogens with one attached hydrogen (secondary N) is 2. The number of ether oxygens (including phenoxy) is 1. The van der Waals surface area contributed by atoms with E-state index in [0.717, 1.165) is 11.1 Å². The third-order valence-electron chi connectivity index (χ3n) is 3.87. The summed E-state index contributed by atoms with van der Waals surface area (Å²) in [5.74, 6) is 0.215. The number of carbonyl (C=O) groups is 2. The summed E-state index contributed by atoms with van der Waals surface area (Å²) in [7, 11) is 0. The van der Waals surface area contributed by atoms with Gasteiger partial charge in [-0.2, -0.15) is 0 Å². The highest BCUT2D eigenvalue weighted by Gasteiger charge is 2.11. The molecule has 0 radical (unpaired) electrons. The average molecular weight is 364 g/mol. The molecule has 3 aromatic rings. The molecule has 6 heteroatoms. The number of hydrogen-bond donors (Lipinski definition) is 2. The standard InChI is InChI=1S/C21H20N2O4/c1-14-5-3-6-17(11-14)27-13-20(24)23-18-12-16(9-8-15(18)2)22-21(25)19-7-4-10-26-19/h3-12H,13H2,1-2H3,(H,22,25)(H,23,24). The van der Waals surface area contributed by atoms with Crippen molar-refractivity contribution in [1.82, 2.24) is 0 Å². The smallest absolute Gasteiger partial charge is 0.291 e. The molecule has 0 unspecified atom stereocenters. The quantitative estimate of drug-likeness (QED) is 0.688. The van der Waals surface area contributed by atoms with Gasteiger partial charge in [0.2, 0.25) is 0 Å². The van der Waals surface area contributed by atoms with Gasteiger partial charge in [0.1, 0.15) is 5.75 Å². The van der Waals surface area contributed by atoms with Crippen LogP contribution in [0.15, 0.2) is 65.3 Å². The number of hydrogen-bond acceptors (Lipinski definition) is 4. The Balaban J connectivity index is 1.62. The van der Waals surface area contributed by atoms with Gasteiger partial charge in [0, 0.05) is 11.4 Å². The molecule has 0 bridgehead atoms. The third kappa shape index (κ3) is 4.98. The second-order valence-corrected chi connectivity index (χ2v) is 6.11. The Kier molecular flexibility index (Phi) is 5.56. The molecule has 6 nitrogen and oxygen atoms in total. The second kappa shape index (κ2) is 8.23. The van der Waals surface area contributed by atoms with E-state index in [1.165, 1.54) is 6.26 Å². The number of benzene rings is 2. The Hall–Kier alpha value is -3.54. The molecule has 3 rings (SSSR count). The van der Waals surface area contributed by atoms with Crippen molar-refractivity contribution >= 4 is 23.2 Å². The average Bonchev–Trinajstić information content (AvgIpc) is 3.18. The first-order valence-corrected chi connectivity index (χ1v) is 8.46. The lowest BCUT2D eigenvalue weighted by atomic mass is 10.1. The van der Waals surface area contributed by atoms with Gasteiger partial charge in [0.05, 0.1) is 6.26 Å². The van der Waals surface area contributed by atoms with Crippen molar-refractivity contribution < 1.29 is 18.7 Å². The van der Waals surface area contributed by atoms with Crippen LogP contribution in [0.5, 0.6) is 5.75 Å².